The molecule has 0 spiro atoms. The molecule has 2 aromatic heterocycles. The number of hydrogen-bond donors (Lipinski definition) is 4. The smallest absolute Gasteiger partial charge is 0.276 e. The van der Waals surface area contributed by atoms with E-state index >= 15 is 0 Å². The van der Waals surface area contributed by atoms with Crippen molar-refractivity contribution < 1.29 is 18.9 Å². The topological polar surface area (TPSA) is 164 Å². The molecule has 152 valence electrons. The second-order valence-corrected chi connectivity index (χ2v) is 5.58. The minimum Gasteiger partial charge on any atom is -0.276 e. The van der Waals surface area contributed by atoms with Crippen LogP contribution >= 0.6 is 0 Å². The summed E-state index contributed by atoms with van der Waals surface area (Å²) in [6, 6.07) is 7.71. The van der Waals surface area contributed by atoms with Gasteiger partial charge in [0, 0.05) is 18.0 Å². The summed E-state index contributed by atoms with van der Waals surface area (Å²) in [5, 5.41) is 11.5. The summed E-state index contributed by atoms with van der Waals surface area (Å²) in [6.07, 6.45) is 3.78. The maximum absolute atomic E-state index is 12.9. The average Bonchev–Trinajstić information content (AvgIpc) is 2.76. The molecular formula is C17H13FN8O4. The summed E-state index contributed by atoms with van der Waals surface area (Å²) in [6.45, 7) is 0. The molecule has 1 aromatic carbocycles. The van der Waals surface area contributed by atoms with Gasteiger partial charge in [0.1, 0.15) is 12.1 Å². The second kappa shape index (κ2) is 9.01. The number of nitrogens with one attached hydrogen (secondary N) is 4. The number of pyridine rings is 1. The van der Waals surface area contributed by atoms with Crippen molar-refractivity contribution in [1.29, 1.82) is 0 Å². The number of rotatable bonds is 7. The Bertz CT molecular complexity index is 1080. The molecule has 12 nitrogen and oxygen atoms in total. The number of benzene rings is 1. The Labute approximate surface area is 167 Å². The fourth-order valence-electron chi connectivity index (χ4n) is 2.21. The number of anilines is 2. The molecule has 30 heavy (non-hydrogen) atoms. The molecule has 0 saturated carbocycles. The van der Waals surface area contributed by atoms with Crippen LogP contribution < -0.4 is 21.7 Å². The number of halogens is 1. The summed E-state index contributed by atoms with van der Waals surface area (Å²) in [7, 11) is 0. The van der Waals surface area contributed by atoms with Crippen LogP contribution in [0.1, 0.15) is 20.7 Å². The molecule has 4 N–H and O–H groups in total. The Kier molecular flexibility index (Phi) is 6.02. The number of carbonyl (C=O) groups is 2. The van der Waals surface area contributed by atoms with Crippen molar-refractivity contribution in [2.45, 2.75) is 0 Å². The lowest BCUT2D eigenvalue weighted by atomic mass is 10.2. The molecular weight excluding hydrogens is 399 g/mol. The van der Waals surface area contributed by atoms with Gasteiger partial charge in [-0.25, -0.2) is 14.4 Å². The van der Waals surface area contributed by atoms with Gasteiger partial charge >= 0.3 is 5.69 Å². The summed E-state index contributed by atoms with van der Waals surface area (Å²) in [5.74, 6) is -2.47. The minimum atomic E-state index is -0.801. The molecule has 0 bridgehead atoms. The molecule has 2 amide bonds. The number of amides is 2. The zero-order valence-corrected chi connectivity index (χ0v) is 15.0. The van der Waals surface area contributed by atoms with Gasteiger partial charge in [0.25, 0.3) is 11.8 Å². The first-order chi connectivity index (χ1) is 14.5. The normalized spacial score (nSPS) is 10.0. The van der Waals surface area contributed by atoms with Crippen LogP contribution in [0.3, 0.4) is 0 Å². The van der Waals surface area contributed by atoms with Gasteiger partial charge in [0.2, 0.25) is 11.6 Å². The first-order valence-electron chi connectivity index (χ1n) is 8.23. The number of carbonyl (C=O) groups excluding carboxylic acids is 2. The van der Waals surface area contributed by atoms with E-state index in [2.05, 4.69) is 36.7 Å². The molecule has 0 fully saturated rings. The number of hydrogen-bond acceptors (Lipinski definition) is 9. The van der Waals surface area contributed by atoms with Gasteiger partial charge in [-0.3, -0.25) is 46.4 Å². The lowest BCUT2D eigenvalue weighted by Gasteiger charge is -2.11. The van der Waals surface area contributed by atoms with E-state index in [4.69, 9.17) is 0 Å². The maximum Gasteiger partial charge on any atom is 0.356 e. The second-order valence-electron chi connectivity index (χ2n) is 5.58. The molecule has 3 aromatic rings. The highest BCUT2D eigenvalue weighted by atomic mass is 19.1. The van der Waals surface area contributed by atoms with Crippen LogP contribution in [-0.2, 0) is 0 Å². The molecule has 0 aliphatic heterocycles. The number of hydrazine groups is 2. The van der Waals surface area contributed by atoms with E-state index in [1.54, 1.807) is 6.07 Å². The Morgan fingerprint density at radius 1 is 0.933 bits per heavy atom. The molecule has 0 saturated heterocycles. The van der Waals surface area contributed by atoms with Gasteiger partial charge in [-0.2, -0.15) is 0 Å². The largest absolute Gasteiger partial charge is 0.356 e. The van der Waals surface area contributed by atoms with Crippen LogP contribution in [-0.4, -0.2) is 31.7 Å². The zero-order valence-electron chi connectivity index (χ0n) is 15.0. The highest BCUT2D eigenvalue weighted by molar-refractivity contribution is 5.95. The SMILES string of the molecule is O=C(NNc1ncnc(NNC(=O)c2cccnc2)c1[N+](=O)[O-])c1ccc(F)cc1. The summed E-state index contributed by atoms with van der Waals surface area (Å²) < 4.78 is 12.9. The van der Waals surface area contributed by atoms with E-state index in [9.17, 15) is 24.1 Å². The third-order valence-electron chi connectivity index (χ3n) is 3.62. The molecule has 0 aliphatic rings. The Morgan fingerprint density at radius 3 is 2.07 bits per heavy atom. The summed E-state index contributed by atoms with van der Waals surface area (Å²) >= 11 is 0. The van der Waals surface area contributed by atoms with Gasteiger partial charge in [-0.05, 0) is 36.4 Å². The van der Waals surface area contributed by atoms with Crippen molar-refractivity contribution in [2.75, 3.05) is 10.9 Å². The van der Waals surface area contributed by atoms with Gasteiger partial charge in [0.05, 0.1) is 10.5 Å². The van der Waals surface area contributed by atoms with Crippen molar-refractivity contribution >= 4 is 29.1 Å². The van der Waals surface area contributed by atoms with Crippen molar-refractivity contribution in [1.82, 2.24) is 25.8 Å². The van der Waals surface area contributed by atoms with Crippen LogP contribution in [0.4, 0.5) is 21.7 Å². The summed E-state index contributed by atoms with van der Waals surface area (Å²) in [5.41, 5.74) is 8.83. The van der Waals surface area contributed by atoms with Crippen LogP contribution in [0.5, 0.6) is 0 Å². The van der Waals surface area contributed by atoms with E-state index < -0.39 is 28.2 Å². The first kappa shape index (κ1) is 20.1. The van der Waals surface area contributed by atoms with E-state index in [0.717, 1.165) is 18.5 Å². The van der Waals surface area contributed by atoms with Crippen LogP contribution in [0.15, 0.2) is 55.1 Å². The van der Waals surface area contributed by atoms with Gasteiger partial charge in [0.15, 0.2) is 0 Å². The van der Waals surface area contributed by atoms with Gasteiger partial charge in [-0.1, -0.05) is 0 Å². The van der Waals surface area contributed by atoms with Crippen molar-refractivity contribution in [3.05, 3.63) is 82.2 Å². The highest BCUT2D eigenvalue weighted by Crippen LogP contribution is 2.27. The maximum atomic E-state index is 12.9. The standard InChI is InChI=1S/C17H13FN8O4/c18-12-5-3-10(4-6-12)16(27)24-22-14-13(26(29)30)15(21-9-20-14)23-25-17(28)11-2-1-7-19-8-11/h1-9H,(H,24,27)(H,25,28)(H2,20,21,22,23). The fourth-order valence-corrected chi connectivity index (χ4v) is 2.21. The van der Waals surface area contributed by atoms with Crippen LogP contribution in [0.25, 0.3) is 0 Å². The lowest BCUT2D eigenvalue weighted by molar-refractivity contribution is -0.383. The fraction of sp³-hybridized carbons (Fsp3) is 0. The predicted octanol–water partition coefficient (Wildman–Crippen LogP) is 1.43. The average molecular weight is 412 g/mol. The third kappa shape index (κ3) is 4.78. The quantitative estimate of drug-likeness (QED) is 0.332. The lowest BCUT2D eigenvalue weighted by Crippen LogP contribution is -2.32. The van der Waals surface area contributed by atoms with E-state index in [1.807, 2.05) is 0 Å². The molecule has 0 radical (unpaired) electrons. The van der Waals surface area contributed by atoms with Crippen molar-refractivity contribution in [3.63, 3.8) is 0 Å². The van der Waals surface area contributed by atoms with Crippen LogP contribution in [0, 0.1) is 15.9 Å². The molecule has 3 rings (SSSR count). The number of aromatic nitrogens is 3. The van der Waals surface area contributed by atoms with E-state index in [-0.39, 0.29) is 22.8 Å². The highest BCUT2D eigenvalue weighted by Gasteiger charge is 2.24. The van der Waals surface area contributed by atoms with Crippen LogP contribution in [0.2, 0.25) is 0 Å². The Hall–Kier alpha value is -4.68. The first-order valence-corrected chi connectivity index (χ1v) is 8.23. The Morgan fingerprint density at radius 2 is 1.53 bits per heavy atom. The van der Waals surface area contributed by atoms with E-state index in [0.29, 0.717) is 0 Å². The molecule has 0 unspecified atom stereocenters. The van der Waals surface area contributed by atoms with Gasteiger partial charge < -0.3 is 0 Å². The molecule has 2 heterocycles. The van der Waals surface area contributed by atoms with Crippen molar-refractivity contribution in [3.8, 4) is 0 Å². The van der Waals surface area contributed by atoms with Crippen molar-refractivity contribution in [2.24, 2.45) is 0 Å². The van der Waals surface area contributed by atoms with E-state index in [1.165, 1.54) is 30.6 Å². The van der Waals surface area contributed by atoms with Gasteiger partial charge in [-0.15, -0.1) is 0 Å². The molecule has 0 atom stereocenters. The molecule has 0 aliphatic carbocycles. The number of nitrogens with zero attached hydrogens (tertiary/aromatic N) is 4. The zero-order chi connectivity index (χ0) is 21.5. The predicted molar refractivity (Wildman–Crippen MR) is 102 cm³/mol. The molecule has 13 heteroatoms. The third-order valence-corrected chi connectivity index (χ3v) is 3.62. The monoisotopic (exact) mass is 412 g/mol. The Balaban J connectivity index is 1.72. The summed E-state index contributed by atoms with van der Waals surface area (Å²) in [4.78, 5) is 46.1. The number of nitro groups is 1. The minimum absolute atomic E-state index is 0.114.